The molecule has 90 valence electrons. The number of nitrogens with zero attached hydrogens (tertiary/aromatic N) is 2. The molecule has 0 spiro atoms. The van der Waals surface area contributed by atoms with E-state index >= 15 is 0 Å². The predicted octanol–water partition coefficient (Wildman–Crippen LogP) is 2.46. The summed E-state index contributed by atoms with van der Waals surface area (Å²) in [6.45, 7) is 2.51. The van der Waals surface area contributed by atoms with Gasteiger partial charge in [-0.05, 0) is 36.2 Å². The van der Waals surface area contributed by atoms with Gasteiger partial charge in [0.15, 0.2) is 0 Å². The molecule has 0 atom stereocenters. The summed E-state index contributed by atoms with van der Waals surface area (Å²) in [7, 11) is 0. The number of nitrogen functional groups attached to an aromatic ring is 1. The van der Waals surface area contributed by atoms with Crippen molar-refractivity contribution in [1.29, 1.82) is 5.26 Å². The zero-order valence-corrected chi connectivity index (χ0v) is 10.1. The van der Waals surface area contributed by atoms with E-state index in [0.29, 0.717) is 17.9 Å². The van der Waals surface area contributed by atoms with Crippen LogP contribution >= 0.6 is 0 Å². The lowest BCUT2D eigenvalue weighted by molar-refractivity contribution is 1.10. The third kappa shape index (κ3) is 2.58. The molecule has 0 saturated heterocycles. The second-order valence-electron chi connectivity index (χ2n) is 4.06. The highest BCUT2D eigenvalue weighted by Crippen LogP contribution is 2.16. The molecule has 2 rings (SSSR count). The summed E-state index contributed by atoms with van der Waals surface area (Å²) in [5.41, 5.74) is 8.97. The van der Waals surface area contributed by atoms with Crippen LogP contribution in [0.3, 0.4) is 0 Å². The van der Waals surface area contributed by atoms with Gasteiger partial charge in [-0.1, -0.05) is 12.1 Å². The van der Waals surface area contributed by atoms with E-state index in [1.165, 1.54) is 0 Å². The average molecular weight is 238 g/mol. The van der Waals surface area contributed by atoms with Crippen molar-refractivity contribution in [2.24, 2.45) is 0 Å². The van der Waals surface area contributed by atoms with Gasteiger partial charge in [0.1, 0.15) is 11.9 Å². The van der Waals surface area contributed by atoms with Crippen molar-refractivity contribution < 1.29 is 0 Å². The van der Waals surface area contributed by atoms with Crippen molar-refractivity contribution >= 4 is 11.5 Å². The highest BCUT2D eigenvalue weighted by atomic mass is 15.0. The molecule has 0 aliphatic carbocycles. The normalized spacial score (nSPS) is 9.78. The fraction of sp³-hybridized carbons (Fsp3) is 0.143. The Morgan fingerprint density at radius 1 is 1.28 bits per heavy atom. The largest absolute Gasteiger partial charge is 0.399 e. The van der Waals surface area contributed by atoms with Crippen LogP contribution in [0.1, 0.15) is 16.7 Å². The maximum Gasteiger partial charge on any atom is 0.144 e. The number of nitriles is 1. The Labute approximate surface area is 106 Å². The number of anilines is 2. The number of hydrogen-bond donors (Lipinski definition) is 2. The minimum absolute atomic E-state index is 0.591. The first-order valence-corrected chi connectivity index (χ1v) is 5.64. The third-order valence-corrected chi connectivity index (χ3v) is 2.71. The van der Waals surface area contributed by atoms with Gasteiger partial charge in [0, 0.05) is 18.4 Å². The van der Waals surface area contributed by atoms with Crippen molar-refractivity contribution in [1.82, 2.24) is 4.98 Å². The van der Waals surface area contributed by atoms with Gasteiger partial charge >= 0.3 is 0 Å². The molecule has 4 nitrogen and oxygen atoms in total. The smallest absolute Gasteiger partial charge is 0.144 e. The van der Waals surface area contributed by atoms with E-state index in [2.05, 4.69) is 16.4 Å². The van der Waals surface area contributed by atoms with Gasteiger partial charge in [-0.3, -0.25) is 0 Å². The molecule has 0 aliphatic heterocycles. The number of pyridine rings is 1. The number of hydrogen-bond acceptors (Lipinski definition) is 4. The number of aromatic nitrogens is 1. The number of nitrogens with one attached hydrogen (secondary N) is 1. The fourth-order valence-corrected chi connectivity index (χ4v) is 1.65. The van der Waals surface area contributed by atoms with Crippen molar-refractivity contribution in [3.8, 4) is 6.07 Å². The lowest BCUT2D eigenvalue weighted by Gasteiger charge is -2.08. The van der Waals surface area contributed by atoms with Crippen LogP contribution < -0.4 is 11.1 Å². The Morgan fingerprint density at radius 2 is 2.00 bits per heavy atom. The molecule has 0 aliphatic rings. The highest BCUT2D eigenvalue weighted by Gasteiger charge is 2.05. The molecule has 0 saturated carbocycles. The van der Waals surface area contributed by atoms with Crippen LogP contribution in [0.4, 0.5) is 11.5 Å². The zero-order chi connectivity index (χ0) is 13.0. The minimum atomic E-state index is 0.591. The van der Waals surface area contributed by atoms with Gasteiger partial charge < -0.3 is 11.1 Å². The van der Waals surface area contributed by atoms with Crippen molar-refractivity contribution in [2.45, 2.75) is 13.5 Å². The molecule has 0 bridgehead atoms. The number of benzene rings is 1. The molecule has 1 aromatic carbocycles. The number of rotatable bonds is 3. The number of aryl methyl sites for hydroxylation is 1. The Morgan fingerprint density at radius 3 is 2.67 bits per heavy atom. The molecule has 1 aromatic heterocycles. The van der Waals surface area contributed by atoms with Crippen molar-refractivity contribution in [2.75, 3.05) is 11.1 Å². The number of nitrogens with two attached hydrogens (primary N) is 1. The summed E-state index contributed by atoms with van der Waals surface area (Å²) in [6, 6.07) is 11.6. The molecule has 0 radical (unpaired) electrons. The Balaban J connectivity index is 2.14. The highest BCUT2D eigenvalue weighted by molar-refractivity contribution is 5.55. The second kappa shape index (κ2) is 5.19. The summed E-state index contributed by atoms with van der Waals surface area (Å²) in [6.07, 6.45) is 1.70. The predicted molar refractivity (Wildman–Crippen MR) is 71.9 cm³/mol. The molecule has 2 aromatic rings. The molecule has 4 heteroatoms. The Bertz CT molecular complexity index is 582. The standard InChI is InChI=1S/C14H14N4/c1-10-6-7-17-14(13(10)8-15)18-9-11-2-4-12(16)5-3-11/h2-7H,9,16H2,1H3,(H,17,18). The molecule has 0 fully saturated rings. The van der Waals surface area contributed by atoms with Crippen molar-refractivity contribution in [3.63, 3.8) is 0 Å². The molecule has 0 unspecified atom stereocenters. The topological polar surface area (TPSA) is 74.7 Å². The van der Waals surface area contributed by atoms with E-state index in [1.54, 1.807) is 6.20 Å². The van der Waals surface area contributed by atoms with Crippen LogP contribution in [0.25, 0.3) is 0 Å². The first kappa shape index (κ1) is 11.9. The molecule has 3 N–H and O–H groups in total. The first-order chi connectivity index (χ1) is 8.70. The van der Waals surface area contributed by atoms with Crippen LogP contribution in [0.15, 0.2) is 36.5 Å². The Hall–Kier alpha value is -2.54. The van der Waals surface area contributed by atoms with Crippen LogP contribution in [-0.2, 0) is 6.54 Å². The van der Waals surface area contributed by atoms with Gasteiger partial charge in [-0.15, -0.1) is 0 Å². The summed E-state index contributed by atoms with van der Waals surface area (Å²) < 4.78 is 0. The summed E-state index contributed by atoms with van der Waals surface area (Å²) in [5, 5.41) is 12.3. The van der Waals surface area contributed by atoms with E-state index in [0.717, 1.165) is 16.8 Å². The van der Waals surface area contributed by atoms with Crippen LogP contribution in [0.2, 0.25) is 0 Å². The average Bonchev–Trinajstić information content (AvgIpc) is 2.38. The monoisotopic (exact) mass is 238 g/mol. The van der Waals surface area contributed by atoms with Crippen LogP contribution in [0.5, 0.6) is 0 Å². The van der Waals surface area contributed by atoms with E-state index in [4.69, 9.17) is 11.0 Å². The molecule has 1 heterocycles. The maximum atomic E-state index is 9.09. The fourth-order valence-electron chi connectivity index (χ4n) is 1.65. The van der Waals surface area contributed by atoms with Crippen LogP contribution in [0, 0.1) is 18.3 Å². The molecule has 0 amide bonds. The van der Waals surface area contributed by atoms with Gasteiger partial charge in [-0.25, -0.2) is 4.98 Å². The van der Waals surface area contributed by atoms with Gasteiger partial charge in [0.2, 0.25) is 0 Å². The third-order valence-electron chi connectivity index (χ3n) is 2.71. The van der Waals surface area contributed by atoms with E-state index in [-0.39, 0.29) is 0 Å². The lowest BCUT2D eigenvalue weighted by Crippen LogP contribution is -2.04. The van der Waals surface area contributed by atoms with E-state index in [9.17, 15) is 0 Å². The minimum Gasteiger partial charge on any atom is -0.399 e. The van der Waals surface area contributed by atoms with Gasteiger partial charge in [0.05, 0.1) is 5.56 Å². The van der Waals surface area contributed by atoms with Gasteiger partial charge in [-0.2, -0.15) is 5.26 Å². The van der Waals surface area contributed by atoms with E-state index < -0.39 is 0 Å². The summed E-state index contributed by atoms with van der Waals surface area (Å²) in [4.78, 5) is 4.18. The summed E-state index contributed by atoms with van der Waals surface area (Å²) in [5.74, 6) is 0.620. The van der Waals surface area contributed by atoms with Crippen LogP contribution in [-0.4, -0.2) is 4.98 Å². The van der Waals surface area contributed by atoms with Crippen molar-refractivity contribution in [3.05, 3.63) is 53.2 Å². The zero-order valence-electron chi connectivity index (χ0n) is 10.1. The summed E-state index contributed by atoms with van der Waals surface area (Å²) >= 11 is 0. The lowest BCUT2D eigenvalue weighted by atomic mass is 10.1. The maximum absolute atomic E-state index is 9.09. The Kier molecular flexibility index (Phi) is 3.44. The van der Waals surface area contributed by atoms with Gasteiger partial charge in [0.25, 0.3) is 0 Å². The first-order valence-electron chi connectivity index (χ1n) is 5.64. The molecule has 18 heavy (non-hydrogen) atoms. The SMILES string of the molecule is Cc1ccnc(NCc2ccc(N)cc2)c1C#N. The second-order valence-corrected chi connectivity index (χ2v) is 4.06. The molecular weight excluding hydrogens is 224 g/mol. The molecular formula is C14H14N4. The van der Waals surface area contributed by atoms with E-state index in [1.807, 2.05) is 37.3 Å². The quantitative estimate of drug-likeness (QED) is 0.805.